The number of nitrogens with one attached hydrogen (secondary N) is 1. The van der Waals surface area contributed by atoms with E-state index in [4.69, 9.17) is 15.2 Å². The van der Waals surface area contributed by atoms with Gasteiger partial charge in [-0.2, -0.15) is 0 Å². The molecule has 0 bridgehead atoms. The van der Waals surface area contributed by atoms with Crippen molar-refractivity contribution >= 4 is 30.4 Å². The van der Waals surface area contributed by atoms with Crippen molar-refractivity contribution in [3.63, 3.8) is 0 Å². The number of benzene rings is 1. The average Bonchev–Trinajstić information content (AvgIpc) is 2.63. The van der Waals surface area contributed by atoms with E-state index in [1.807, 2.05) is 13.8 Å². The van der Waals surface area contributed by atoms with Crippen molar-refractivity contribution in [2.45, 2.75) is 60.8 Å². The minimum Gasteiger partial charge on any atom is -0.422 e. The maximum atomic E-state index is 12.5. The summed E-state index contributed by atoms with van der Waals surface area (Å²) >= 11 is 0. The maximum Gasteiger partial charge on any atom is 0.317 e. The summed E-state index contributed by atoms with van der Waals surface area (Å²) in [7, 11) is 0. The predicted octanol–water partition coefficient (Wildman–Crippen LogP) is 4.00. The Bertz CT molecular complexity index is 732. The third-order valence-corrected chi connectivity index (χ3v) is 5.00. The van der Waals surface area contributed by atoms with Crippen LogP contribution in [0.1, 0.15) is 59.9 Å². The molecule has 164 valence electrons. The van der Waals surface area contributed by atoms with Crippen LogP contribution in [0.25, 0.3) is 0 Å². The van der Waals surface area contributed by atoms with E-state index in [0.717, 1.165) is 5.56 Å². The van der Waals surface area contributed by atoms with E-state index in [9.17, 15) is 14.4 Å². The third-order valence-electron chi connectivity index (χ3n) is 5.00. The highest BCUT2D eigenvalue weighted by atomic mass is 35.5. The fourth-order valence-corrected chi connectivity index (χ4v) is 1.97. The Morgan fingerprint density at radius 3 is 1.86 bits per heavy atom. The average molecular weight is 429 g/mol. The van der Waals surface area contributed by atoms with Gasteiger partial charge in [0.2, 0.25) is 0 Å². The van der Waals surface area contributed by atoms with Crippen LogP contribution >= 0.6 is 12.4 Å². The molecule has 0 spiro atoms. The van der Waals surface area contributed by atoms with E-state index in [2.05, 4.69) is 5.32 Å². The minimum absolute atomic E-state index is 0. The molecule has 0 aliphatic heterocycles. The summed E-state index contributed by atoms with van der Waals surface area (Å²) in [6, 6.07) is 4.40. The molecule has 3 N–H and O–H groups in total. The van der Waals surface area contributed by atoms with Gasteiger partial charge >= 0.3 is 18.0 Å². The Morgan fingerprint density at radius 2 is 1.41 bits per heavy atom. The number of urea groups is 1. The van der Waals surface area contributed by atoms with Crippen LogP contribution in [0.2, 0.25) is 0 Å². The van der Waals surface area contributed by atoms with Crippen molar-refractivity contribution in [3.8, 4) is 11.5 Å². The van der Waals surface area contributed by atoms with Crippen LogP contribution in [-0.4, -0.2) is 24.5 Å². The van der Waals surface area contributed by atoms with Gasteiger partial charge in [0.25, 0.3) is 0 Å². The molecule has 2 amide bonds. The SMILES string of the molecule is CCC(C)(C)C(=O)Oc1ccc(CCNC(N)=O)cc1OC(=O)C(C)(C)CC.Cl. The van der Waals surface area contributed by atoms with Crippen molar-refractivity contribution in [3.05, 3.63) is 23.8 Å². The number of rotatable bonds is 9. The Morgan fingerprint density at radius 1 is 0.931 bits per heavy atom. The summed E-state index contributed by atoms with van der Waals surface area (Å²) < 4.78 is 11.1. The number of amides is 2. The van der Waals surface area contributed by atoms with Gasteiger partial charge in [0.15, 0.2) is 11.5 Å². The summed E-state index contributed by atoms with van der Waals surface area (Å²) in [5.74, 6) is -0.429. The molecule has 0 saturated heterocycles. The molecule has 0 radical (unpaired) electrons. The summed E-state index contributed by atoms with van der Waals surface area (Å²) in [4.78, 5) is 35.8. The Balaban J connectivity index is 0.00000784. The lowest BCUT2D eigenvalue weighted by Gasteiger charge is -2.23. The first-order valence-electron chi connectivity index (χ1n) is 9.53. The standard InChI is InChI=1S/C21H32N2O5.ClH/c1-7-20(3,4)17(24)27-15-10-9-14(11-12-23-19(22)26)13-16(15)28-18(25)21(5,6)8-2;/h9-10,13H,7-8,11-12H2,1-6H3,(H3,22,23,26);1H. The van der Waals surface area contributed by atoms with Crippen LogP contribution in [-0.2, 0) is 16.0 Å². The van der Waals surface area contributed by atoms with E-state index in [1.165, 1.54) is 0 Å². The smallest absolute Gasteiger partial charge is 0.317 e. The van der Waals surface area contributed by atoms with Crippen LogP contribution in [0, 0.1) is 10.8 Å². The molecule has 0 heterocycles. The molecular formula is C21H33ClN2O5. The van der Waals surface area contributed by atoms with Crippen molar-refractivity contribution in [2.75, 3.05) is 6.54 Å². The Hall–Kier alpha value is -2.28. The van der Waals surface area contributed by atoms with Gasteiger partial charge in [0.1, 0.15) is 0 Å². The van der Waals surface area contributed by atoms with Crippen molar-refractivity contribution in [2.24, 2.45) is 16.6 Å². The predicted molar refractivity (Wildman–Crippen MR) is 114 cm³/mol. The quantitative estimate of drug-likeness (QED) is 0.456. The molecule has 0 saturated carbocycles. The van der Waals surface area contributed by atoms with Crippen molar-refractivity contribution < 1.29 is 23.9 Å². The number of halogens is 1. The maximum absolute atomic E-state index is 12.5. The van der Waals surface area contributed by atoms with Gasteiger partial charge in [-0.3, -0.25) is 9.59 Å². The highest BCUT2D eigenvalue weighted by Crippen LogP contribution is 2.34. The van der Waals surface area contributed by atoms with Gasteiger partial charge in [0.05, 0.1) is 10.8 Å². The number of carbonyl (C=O) groups is 3. The number of hydrogen-bond donors (Lipinski definition) is 2. The Kier molecular flexibility index (Phi) is 10.2. The van der Waals surface area contributed by atoms with E-state index in [1.54, 1.807) is 45.9 Å². The van der Waals surface area contributed by atoms with Gasteiger partial charge < -0.3 is 20.5 Å². The van der Waals surface area contributed by atoms with Gasteiger partial charge in [0, 0.05) is 6.54 Å². The first kappa shape index (κ1) is 26.7. The molecule has 1 aromatic rings. The van der Waals surface area contributed by atoms with Crippen LogP contribution in [0.15, 0.2) is 18.2 Å². The fourth-order valence-electron chi connectivity index (χ4n) is 1.97. The number of ether oxygens (including phenoxy) is 2. The molecule has 0 fully saturated rings. The highest BCUT2D eigenvalue weighted by molar-refractivity contribution is 5.85. The van der Waals surface area contributed by atoms with Crippen LogP contribution < -0.4 is 20.5 Å². The minimum atomic E-state index is -0.673. The second kappa shape index (κ2) is 11.0. The molecule has 29 heavy (non-hydrogen) atoms. The lowest BCUT2D eigenvalue weighted by molar-refractivity contribution is -0.147. The number of hydrogen-bond acceptors (Lipinski definition) is 5. The lowest BCUT2D eigenvalue weighted by atomic mass is 9.90. The van der Waals surface area contributed by atoms with Crippen molar-refractivity contribution in [1.29, 1.82) is 0 Å². The molecule has 0 aliphatic carbocycles. The Labute approximate surface area is 179 Å². The monoisotopic (exact) mass is 428 g/mol. The van der Waals surface area contributed by atoms with E-state index >= 15 is 0 Å². The third kappa shape index (κ3) is 7.93. The molecule has 7 nitrogen and oxygen atoms in total. The van der Waals surface area contributed by atoms with Gasteiger partial charge in [-0.25, -0.2) is 4.79 Å². The lowest BCUT2D eigenvalue weighted by Crippen LogP contribution is -2.31. The van der Waals surface area contributed by atoms with Gasteiger partial charge in [-0.1, -0.05) is 19.9 Å². The van der Waals surface area contributed by atoms with E-state index in [0.29, 0.717) is 25.8 Å². The van der Waals surface area contributed by atoms with Crippen LogP contribution in [0.4, 0.5) is 4.79 Å². The zero-order chi connectivity index (χ0) is 21.5. The number of carbonyl (C=O) groups excluding carboxylic acids is 3. The zero-order valence-corrected chi connectivity index (χ0v) is 18.9. The van der Waals surface area contributed by atoms with E-state index < -0.39 is 28.8 Å². The largest absolute Gasteiger partial charge is 0.422 e. The zero-order valence-electron chi connectivity index (χ0n) is 18.1. The normalized spacial score (nSPS) is 11.2. The first-order valence-corrected chi connectivity index (χ1v) is 9.53. The molecule has 1 rings (SSSR count). The molecule has 0 aromatic heterocycles. The second-order valence-electron chi connectivity index (χ2n) is 8.08. The summed E-state index contributed by atoms with van der Waals surface area (Å²) in [6.07, 6.45) is 1.70. The molecule has 0 unspecified atom stereocenters. The van der Waals surface area contributed by atoms with E-state index in [-0.39, 0.29) is 23.9 Å². The second-order valence-corrected chi connectivity index (χ2v) is 8.08. The molecule has 0 aliphatic rings. The number of esters is 2. The summed E-state index contributed by atoms with van der Waals surface area (Å²) in [6.45, 7) is 11.3. The van der Waals surface area contributed by atoms with Crippen LogP contribution in [0.5, 0.6) is 11.5 Å². The molecule has 1 aromatic carbocycles. The molecular weight excluding hydrogens is 396 g/mol. The fraction of sp³-hybridized carbons (Fsp3) is 0.571. The van der Waals surface area contributed by atoms with Gasteiger partial charge in [-0.15, -0.1) is 12.4 Å². The molecule has 8 heteroatoms. The topological polar surface area (TPSA) is 108 Å². The molecule has 0 atom stereocenters. The number of nitrogens with two attached hydrogens (primary N) is 1. The summed E-state index contributed by atoms with van der Waals surface area (Å²) in [5.41, 5.74) is 4.55. The summed E-state index contributed by atoms with van der Waals surface area (Å²) in [5, 5.41) is 2.51. The number of primary amides is 1. The first-order chi connectivity index (χ1) is 12.9. The highest BCUT2D eigenvalue weighted by Gasteiger charge is 2.31. The van der Waals surface area contributed by atoms with Crippen molar-refractivity contribution in [1.82, 2.24) is 5.32 Å². The van der Waals surface area contributed by atoms with Gasteiger partial charge in [-0.05, 0) is 64.7 Å². The van der Waals surface area contributed by atoms with Crippen LogP contribution in [0.3, 0.4) is 0 Å².